The minimum Gasteiger partial charge on any atom is -0.469 e. The number of nitrogens with zero attached hydrogens (tertiary/aromatic N) is 1. The number of rotatable bonds is 4. The van der Waals surface area contributed by atoms with Gasteiger partial charge < -0.3 is 4.74 Å². The molecule has 0 atom stereocenters. The van der Waals surface area contributed by atoms with Crippen molar-refractivity contribution in [1.82, 2.24) is 0 Å². The lowest BCUT2D eigenvalue weighted by molar-refractivity contribution is -0.385. The molecule has 0 radical (unpaired) electrons. The van der Waals surface area contributed by atoms with Crippen molar-refractivity contribution < 1.29 is 19.2 Å². The van der Waals surface area contributed by atoms with Gasteiger partial charge in [0.25, 0.3) is 5.69 Å². The minimum atomic E-state index is -0.613. The Morgan fingerprint density at radius 2 is 2.24 bits per heavy atom. The van der Waals surface area contributed by atoms with Crippen LogP contribution in [0.15, 0.2) is 16.6 Å². The van der Waals surface area contributed by atoms with E-state index in [0.717, 1.165) is 0 Å². The number of hydrogen-bond donors (Lipinski definition) is 0. The van der Waals surface area contributed by atoms with E-state index in [-0.39, 0.29) is 23.2 Å². The van der Waals surface area contributed by atoms with Crippen molar-refractivity contribution in [2.75, 3.05) is 7.11 Å². The molecule has 0 N–H and O–H groups in total. The van der Waals surface area contributed by atoms with Gasteiger partial charge in [-0.3, -0.25) is 19.7 Å². The molecule has 7 heteroatoms. The second-order valence-electron chi connectivity index (χ2n) is 3.13. The fourth-order valence-electron chi connectivity index (χ4n) is 1.26. The Morgan fingerprint density at radius 1 is 1.59 bits per heavy atom. The smallest absolute Gasteiger partial charge is 0.310 e. The first kappa shape index (κ1) is 13.3. The molecule has 0 unspecified atom stereocenters. The summed E-state index contributed by atoms with van der Waals surface area (Å²) in [6.45, 7) is 0. The number of carbonyl (C=O) groups excluding carboxylic acids is 2. The fourth-order valence-corrected chi connectivity index (χ4v) is 1.68. The molecule has 0 saturated heterocycles. The van der Waals surface area contributed by atoms with E-state index in [1.807, 2.05) is 0 Å². The number of aldehydes is 1. The first-order valence-corrected chi connectivity index (χ1v) is 5.27. The molecule has 0 aliphatic rings. The number of nitro benzene ring substituents is 1. The van der Waals surface area contributed by atoms with Crippen molar-refractivity contribution in [3.8, 4) is 0 Å². The van der Waals surface area contributed by atoms with Crippen molar-refractivity contribution >= 4 is 33.9 Å². The number of esters is 1. The van der Waals surface area contributed by atoms with Gasteiger partial charge in [0.1, 0.15) is 0 Å². The molecule has 1 rings (SSSR count). The van der Waals surface area contributed by atoms with Crippen molar-refractivity contribution in [1.29, 1.82) is 0 Å². The molecule has 0 fully saturated rings. The van der Waals surface area contributed by atoms with Gasteiger partial charge in [-0.2, -0.15) is 0 Å². The molecule has 0 spiro atoms. The lowest BCUT2D eigenvalue weighted by atomic mass is 10.1. The first-order chi connectivity index (χ1) is 7.99. The van der Waals surface area contributed by atoms with E-state index in [2.05, 4.69) is 20.7 Å². The highest BCUT2D eigenvalue weighted by atomic mass is 79.9. The summed E-state index contributed by atoms with van der Waals surface area (Å²) in [6.07, 6.45) is 0.301. The molecule has 0 aliphatic heterocycles. The highest BCUT2D eigenvalue weighted by Crippen LogP contribution is 2.27. The Labute approximate surface area is 105 Å². The molecule has 17 heavy (non-hydrogen) atoms. The Bertz CT molecular complexity index is 486. The molecule has 1 aromatic rings. The number of ether oxygens (including phenoxy) is 1. The van der Waals surface area contributed by atoms with E-state index in [4.69, 9.17) is 0 Å². The molecule has 6 nitrogen and oxygen atoms in total. The monoisotopic (exact) mass is 301 g/mol. The summed E-state index contributed by atoms with van der Waals surface area (Å²) in [5, 5.41) is 10.8. The Hall–Kier alpha value is -1.76. The topological polar surface area (TPSA) is 86.5 Å². The summed E-state index contributed by atoms with van der Waals surface area (Å²) in [5.41, 5.74) is 0.162. The molecule has 0 heterocycles. The average molecular weight is 302 g/mol. The molecular formula is C10H8BrNO5. The van der Waals surface area contributed by atoms with Crippen LogP contribution < -0.4 is 0 Å². The van der Waals surface area contributed by atoms with Crippen LogP contribution in [0.5, 0.6) is 0 Å². The van der Waals surface area contributed by atoms with E-state index in [9.17, 15) is 19.7 Å². The first-order valence-electron chi connectivity index (χ1n) is 4.48. The number of benzene rings is 1. The van der Waals surface area contributed by atoms with Gasteiger partial charge in [-0.15, -0.1) is 0 Å². The zero-order valence-electron chi connectivity index (χ0n) is 8.81. The van der Waals surface area contributed by atoms with Gasteiger partial charge in [-0.1, -0.05) is 0 Å². The van der Waals surface area contributed by atoms with Crippen molar-refractivity contribution in [2.24, 2.45) is 0 Å². The number of carbonyl (C=O) groups is 2. The van der Waals surface area contributed by atoms with E-state index in [0.29, 0.717) is 10.8 Å². The lowest BCUT2D eigenvalue weighted by Crippen LogP contribution is -2.07. The quantitative estimate of drug-likeness (QED) is 0.367. The molecule has 0 aliphatic carbocycles. The molecule has 0 aromatic heterocycles. The van der Waals surface area contributed by atoms with Gasteiger partial charge in [0.2, 0.25) is 0 Å². The van der Waals surface area contributed by atoms with Crippen molar-refractivity contribution in [3.63, 3.8) is 0 Å². The highest BCUT2D eigenvalue weighted by molar-refractivity contribution is 9.10. The zero-order chi connectivity index (χ0) is 13.0. The van der Waals surface area contributed by atoms with E-state index >= 15 is 0 Å². The summed E-state index contributed by atoms with van der Waals surface area (Å²) < 4.78 is 4.74. The number of methoxy groups -OCH3 is 1. The van der Waals surface area contributed by atoms with Gasteiger partial charge >= 0.3 is 5.97 Å². The van der Waals surface area contributed by atoms with E-state index in [1.165, 1.54) is 19.2 Å². The zero-order valence-corrected chi connectivity index (χ0v) is 10.4. The summed E-state index contributed by atoms with van der Waals surface area (Å²) in [4.78, 5) is 32.0. The van der Waals surface area contributed by atoms with Gasteiger partial charge in [-0.05, 0) is 22.0 Å². The van der Waals surface area contributed by atoms with Crippen LogP contribution in [-0.4, -0.2) is 24.3 Å². The number of halogens is 1. The third-order valence-corrected chi connectivity index (χ3v) is 2.77. The second-order valence-corrected chi connectivity index (χ2v) is 3.98. The normalized spacial score (nSPS) is 9.76. The standard InChI is InChI=1S/C10H8BrNO5/c1-17-10(14)3-6-2-7(5-13)8(11)4-9(6)12(15)16/h2,4-5H,3H2,1H3. The van der Waals surface area contributed by atoms with Gasteiger partial charge in [0.05, 0.1) is 18.5 Å². The molecule has 0 bridgehead atoms. The van der Waals surface area contributed by atoms with Crippen LogP contribution in [0.1, 0.15) is 15.9 Å². The van der Waals surface area contributed by atoms with Gasteiger partial charge in [0.15, 0.2) is 6.29 Å². The van der Waals surface area contributed by atoms with Crippen LogP contribution in [0.2, 0.25) is 0 Å². The van der Waals surface area contributed by atoms with Crippen LogP contribution in [0.25, 0.3) is 0 Å². The predicted octanol–water partition coefficient (Wildman–Crippen LogP) is 1.89. The van der Waals surface area contributed by atoms with Crippen LogP contribution >= 0.6 is 15.9 Å². The molecular weight excluding hydrogens is 294 g/mol. The molecule has 0 amide bonds. The summed E-state index contributed by atoms with van der Waals surface area (Å²) in [6, 6.07) is 2.49. The lowest BCUT2D eigenvalue weighted by Gasteiger charge is -2.04. The maximum Gasteiger partial charge on any atom is 0.310 e. The maximum absolute atomic E-state index is 11.1. The fraction of sp³-hybridized carbons (Fsp3) is 0.200. The average Bonchev–Trinajstić information content (AvgIpc) is 2.30. The Morgan fingerprint density at radius 3 is 2.71 bits per heavy atom. The maximum atomic E-state index is 11.1. The highest BCUT2D eigenvalue weighted by Gasteiger charge is 2.19. The van der Waals surface area contributed by atoms with Crippen molar-refractivity contribution in [2.45, 2.75) is 6.42 Å². The van der Waals surface area contributed by atoms with Crippen LogP contribution in [-0.2, 0) is 16.0 Å². The summed E-state index contributed by atoms with van der Waals surface area (Å²) in [5.74, 6) is -0.604. The Balaban J connectivity index is 3.28. The van der Waals surface area contributed by atoms with Crippen molar-refractivity contribution in [3.05, 3.63) is 37.8 Å². The van der Waals surface area contributed by atoms with Gasteiger partial charge in [-0.25, -0.2) is 0 Å². The molecule has 0 saturated carbocycles. The molecule has 1 aromatic carbocycles. The number of nitro groups is 1. The third-order valence-electron chi connectivity index (χ3n) is 2.08. The summed E-state index contributed by atoms with van der Waals surface area (Å²) >= 11 is 3.04. The minimum absolute atomic E-state index is 0.146. The van der Waals surface area contributed by atoms with Crippen LogP contribution in [0, 0.1) is 10.1 Å². The largest absolute Gasteiger partial charge is 0.469 e. The van der Waals surface area contributed by atoms with Crippen LogP contribution in [0.4, 0.5) is 5.69 Å². The van der Waals surface area contributed by atoms with Crippen LogP contribution in [0.3, 0.4) is 0 Å². The third kappa shape index (κ3) is 3.10. The molecule has 90 valence electrons. The van der Waals surface area contributed by atoms with E-state index in [1.54, 1.807) is 0 Å². The predicted molar refractivity (Wildman–Crippen MR) is 61.9 cm³/mol. The second kappa shape index (κ2) is 5.53. The summed E-state index contributed by atoms with van der Waals surface area (Å²) in [7, 11) is 1.19. The number of hydrogen-bond acceptors (Lipinski definition) is 5. The van der Waals surface area contributed by atoms with E-state index < -0.39 is 10.9 Å². The SMILES string of the molecule is COC(=O)Cc1cc(C=O)c(Br)cc1[N+](=O)[O-]. The van der Waals surface area contributed by atoms with Gasteiger partial charge in [0, 0.05) is 21.7 Å². The Kier molecular flexibility index (Phi) is 4.33.